The van der Waals surface area contributed by atoms with Gasteiger partial charge in [-0.15, -0.1) is 0 Å². The van der Waals surface area contributed by atoms with E-state index >= 15 is 0 Å². The van der Waals surface area contributed by atoms with Crippen LogP contribution in [0.5, 0.6) is 0 Å². The van der Waals surface area contributed by atoms with Gasteiger partial charge in [0.15, 0.2) is 0 Å². The average molecular weight is 1500 g/mol. The fraction of sp³-hybridized carbons (Fsp3) is 1.00. The molecule has 5 aliphatic heterocycles. The number of morpholine rings is 2. The Labute approximate surface area is 653 Å². The predicted molar refractivity (Wildman–Crippen MR) is 448 cm³/mol. The molecular formula is C87H184N8O10. The van der Waals surface area contributed by atoms with E-state index in [1.807, 2.05) is 0 Å². The highest BCUT2D eigenvalue weighted by Crippen LogP contribution is 2.27. The highest BCUT2D eigenvalue weighted by molar-refractivity contribution is 4.79. The third kappa shape index (κ3) is 72.0. The van der Waals surface area contributed by atoms with Gasteiger partial charge in [-0.3, -0.25) is 9.80 Å². The van der Waals surface area contributed by atoms with Crippen LogP contribution in [-0.2, 0) is 47.4 Å². The Morgan fingerprint density at radius 3 is 0.838 bits per heavy atom. The molecule has 0 N–H and O–H groups in total. The van der Waals surface area contributed by atoms with E-state index in [4.69, 9.17) is 47.4 Å². The van der Waals surface area contributed by atoms with Crippen molar-refractivity contribution in [2.75, 3.05) is 220 Å². The zero-order valence-electron chi connectivity index (χ0n) is 74.1. The number of hydrogen-bond donors (Lipinski definition) is 0. The standard InChI is InChI=1S/2C12H25NO.C11H23NO2.3C11H23NO.C10H21NO2.C9H21NO/c1-10(2)14-9-11-5-7-12(8-6-11)13(3)4;1-12(2)14-11-7-6-10-13-8-4-3-5-9-13;1-11(2)14-8-4-3-5-12-6-9-13-10-7-12;1-9(2)13-11-7-5-10(6-8-11)12(3)4;1-11(2)13-10-6-5-9-12-7-3-4-8-12;1-11(2)13-10-6-9-12-7-4-3-5-8-12;1-10(2)13-7-3-4-11-5-8-12-9-6-11;1-9(2)11-8-6-5-7-10(3)4/h10-12H,5-9H2,1-4H3;12H,3-11H2,1-2H3;11H,3-10H2,1-2H3;9-11H,5-8H2,1-4H3;2*11H,3-10H2,1-2H3;10H,3-9H2,1-2H3;9H,5-8H2,1-4H3. The van der Waals surface area contributed by atoms with E-state index in [0.717, 1.165) is 130 Å². The van der Waals surface area contributed by atoms with Crippen LogP contribution in [0.1, 0.15) is 278 Å². The zero-order valence-corrected chi connectivity index (χ0v) is 74.1. The summed E-state index contributed by atoms with van der Waals surface area (Å²) in [5.41, 5.74) is 0. The molecule has 632 valence electrons. The van der Waals surface area contributed by atoms with Gasteiger partial charge in [0, 0.05) is 97.6 Å². The molecule has 0 atom stereocenters. The van der Waals surface area contributed by atoms with E-state index < -0.39 is 0 Å². The third-order valence-electron chi connectivity index (χ3n) is 19.9. The van der Waals surface area contributed by atoms with Crippen molar-refractivity contribution in [2.24, 2.45) is 5.92 Å². The summed E-state index contributed by atoms with van der Waals surface area (Å²) in [5.74, 6) is 0.814. The molecule has 0 bridgehead atoms. The fourth-order valence-corrected chi connectivity index (χ4v) is 13.6. The lowest BCUT2D eigenvalue weighted by Gasteiger charge is -2.33. The number of piperidine rings is 2. The van der Waals surface area contributed by atoms with Crippen molar-refractivity contribution in [2.45, 2.75) is 345 Å². The predicted octanol–water partition coefficient (Wildman–Crippen LogP) is 16.5. The van der Waals surface area contributed by atoms with E-state index in [1.165, 1.54) is 233 Å². The summed E-state index contributed by atoms with van der Waals surface area (Å²) >= 11 is 0. The minimum Gasteiger partial charge on any atom is -0.379 e. The number of unbranched alkanes of at least 4 members (excludes halogenated alkanes) is 4. The van der Waals surface area contributed by atoms with Gasteiger partial charge in [-0.25, -0.2) is 0 Å². The largest absolute Gasteiger partial charge is 0.379 e. The Bertz CT molecular complexity index is 1660. The second kappa shape index (κ2) is 72.3. The van der Waals surface area contributed by atoms with Gasteiger partial charge in [-0.05, 0) is 379 Å². The summed E-state index contributed by atoms with van der Waals surface area (Å²) in [5, 5.41) is 0. The molecule has 7 rings (SSSR count). The smallest absolute Gasteiger partial charge is 0.0594 e. The third-order valence-corrected chi connectivity index (χ3v) is 19.9. The van der Waals surface area contributed by atoms with Crippen molar-refractivity contribution in [3.05, 3.63) is 0 Å². The Hall–Kier alpha value is -0.720. The maximum Gasteiger partial charge on any atom is 0.0594 e. The van der Waals surface area contributed by atoms with Crippen LogP contribution in [0.4, 0.5) is 0 Å². The van der Waals surface area contributed by atoms with Crippen molar-refractivity contribution in [3.63, 3.8) is 0 Å². The molecule has 18 nitrogen and oxygen atoms in total. The molecule has 2 saturated carbocycles. The number of nitrogens with zero attached hydrogens (tertiary/aromatic N) is 8. The minimum absolute atomic E-state index is 0.365. The summed E-state index contributed by atoms with van der Waals surface area (Å²) in [7, 11) is 12.9. The van der Waals surface area contributed by atoms with Crippen LogP contribution in [0.2, 0.25) is 0 Å². The van der Waals surface area contributed by atoms with Crippen molar-refractivity contribution in [1.29, 1.82) is 0 Å². The molecule has 7 fully saturated rings. The maximum atomic E-state index is 5.80. The van der Waals surface area contributed by atoms with Gasteiger partial charge >= 0.3 is 0 Å². The van der Waals surface area contributed by atoms with Crippen LogP contribution in [0.25, 0.3) is 0 Å². The molecule has 5 heterocycles. The van der Waals surface area contributed by atoms with E-state index in [9.17, 15) is 0 Å². The van der Waals surface area contributed by atoms with Gasteiger partial charge in [0.25, 0.3) is 0 Å². The first kappa shape index (κ1) is 104. The molecule has 0 aromatic carbocycles. The topological polar surface area (TPSA) is 118 Å². The number of rotatable bonds is 41. The monoisotopic (exact) mass is 1500 g/mol. The molecule has 105 heavy (non-hydrogen) atoms. The van der Waals surface area contributed by atoms with Crippen LogP contribution in [0, 0.1) is 5.92 Å². The Kier molecular flexibility index (Phi) is 71.8. The van der Waals surface area contributed by atoms with Gasteiger partial charge in [-0.2, -0.15) is 0 Å². The van der Waals surface area contributed by atoms with E-state index in [1.54, 1.807) is 0 Å². The lowest BCUT2D eigenvalue weighted by Crippen LogP contribution is -2.37. The van der Waals surface area contributed by atoms with Crippen molar-refractivity contribution < 1.29 is 47.4 Å². The highest BCUT2D eigenvalue weighted by atomic mass is 16.5. The van der Waals surface area contributed by atoms with Gasteiger partial charge in [0.1, 0.15) is 0 Å². The second-order valence-corrected chi connectivity index (χ2v) is 33.7. The molecule has 7 aliphatic rings. The van der Waals surface area contributed by atoms with E-state index in [-0.39, 0.29) is 0 Å². The highest BCUT2D eigenvalue weighted by Gasteiger charge is 2.25. The summed E-state index contributed by atoms with van der Waals surface area (Å²) in [4.78, 5) is 19.5. The van der Waals surface area contributed by atoms with Gasteiger partial charge in [0.05, 0.1) is 81.4 Å². The number of hydrogen-bond acceptors (Lipinski definition) is 18. The molecule has 5 saturated heterocycles. The number of ether oxygens (including phenoxy) is 10. The molecule has 18 heteroatoms. The Morgan fingerprint density at radius 2 is 0.552 bits per heavy atom. The van der Waals surface area contributed by atoms with E-state index in [2.05, 4.69) is 192 Å². The second-order valence-electron chi connectivity index (χ2n) is 33.7. The molecule has 2 aliphatic carbocycles. The molecular weight excluding hydrogens is 1320 g/mol. The van der Waals surface area contributed by atoms with Crippen molar-refractivity contribution in [1.82, 2.24) is 39.2 Å². The first-order valence-corrected chi connectivity index (χ1v) is 44.0. The van der Waals surface area contributed by atoms with Crippen LogP contribution < -0.4 is 0 Å². The summed E-state index contributed by atoms with van der Waals surface area (Å²) < 4.78 is 54.9. The molecule has 0 aromatic rings. The minimum atomic E-state index is 0.365. The molecule has 0 spiro atoms. The van der Waals surface area contributed by atoms with Crippen molar-refractivity contribution >= 4 is 0 Å². The average Bonchev–Trinajstić information content (AvgIpc) is 1.37. The van der Waals surface area contributed by atoms with Gasteiger partial charge < -0.3 is 76.8 Å². The first-order chi connectivity index (χ1) is 50.2. The molecule has 0 amide bonds. The lowest BCUT2D eigenvalue weighted by atomic mass is 9.86. The summed E-state index contributed by atoms with van der Waals surface area (Å²) in [6.45, 7) is 63.2. The van der Waals surface area contributed by atoms with E-state index in [0.29, 0.717) is 54.9 Å². The maximum absolute atomic E-state index is 5.80. The van der Waals surface area contributed by atoms with Gasteiger partial charge in [-0.1, -0.05) is 12.8 Å². The molecule has 0 unspecified atom stereocenters. The fourth-order valence-electron chi connectivity index (χ4n) is 13.6. The summed E-state index contributed by atoms with van der Waals surface area (Å²) in [6.07, 6.45) is 37.5. The van der Waals surface area contributed by atoms with Crippen molar-refractivity contribution in [3.8, 4) is 0 Å². The van der Waals surface area contributed by atoms with Crippen LogP contribution in [0.3, 0.4) is 0 Å². The normalized spacial score (nSPS) is 21.0. The Balaban J connectivity index is 0.00000118. The zero-order chi connectivity index (χ0) is 78.1. The first-order valence-electron chi connectivity index (χ1n) is 44.0. The summed E-state index contributed by atoms with van der Waals surface area (Å²) in [6, 6.07) is 1.59. The lowest BCUT2D eigenvalue weighted by molar-refractivity contribution is -0.0224. The molecule has 0 aromatic heterocycles. The van der Waals surface area contributed by atoms with Gasteiger partial charge in [0.2, 0.25) is 0 Å². The van der Waals surface area contributed by atoms with Crippen LogP contribution in [0.15, 0.2) is 0 Å². The molecule has 0 radical (unpaired) electrons. The Morgan fingerprint density at radius 1 is 0.286 bits per heavy atom. The van der Waals surface area contributed by atoms with Crippen LogP contribution in [-0.4, -0.2) is 326 Å². The quantitative estimate of drug-likeness (QED) is 0.0540. The SMILES string of the molecule is CC(C)OC1CCC(N(C)C)CC1.CC(C)OCC1CCC(N(C)C)CC1.CC(C)OCCCCN(C)C.CC(C)OCCCCN1CCCC1.CC(C)OCCCCN1CCCCC1.CC(C)OCCCCN1CCOCC1.CC(C)OCCCN1CCCCC1.CC(C)OCCCN1CCOCC1. The number of likely N-dealkylation sites (tertiary alicyclic amines) is 3. The van der Waals surface area contributed by atoms with Crippen LogP contribution >= 0.6 is 0 Å².